The fourth-order valence-electron chi connectivity index (χ4n) is 2.74. The Labute approximate surface area is 158 Å². The predicted molar refractivity (Wildman–Crippen MR) is 99.8 cm³/mol. The van der Waals surface area contributed by atoms with Crippen molar-refractivity contribution in [2.45, 2.75) is 63.5 Å². The van der Waals surface area contributed by atoms with Gasteiger partial charge in [0.2, 0.25) is 5.88 Å². The van der Waals surface area contributed by atoms with Crippen LogP contribution in [0.4, 0.5) is 4.39 Å². The Morgan fingerprint density at radius 2 is 2.00 bits per heavy atom. The van der Waals surface area contributed by atoms with E-state index in [4.69, 9.17) is 13.9 Å². The number of methoxy groups -OCH3 is 1. The predicted octanol–water partition coefficient (Wildman–Crippen LogP) is 2.45. The van der Waals surface area contributed by atoms with E-state index in [-0.39, 0.29) is 11.6 Å². The van der Waals surface area contributed by atoms with Crippen LogP contribution in [-0.4, -0.2) is 65.0 Å². The summed E-state index contributed by atoms with van der Waals surface area (Å²) < 4.78 is 33.3. The van der Waals surface area contributed by atoms with Crippen LogP contribution in [-0.2, 0) is 9.16 Å². The number of aliphatic hydroxyl groups excluding tert-OH is 1. The number of aromatic nitrogens is 4. The van der Waals surface area contributed by atoms with Crippen LogP contribution in [0.2, 0.25) is 18.1 Å². The summed E-state index contributed by atoms with van der Waals surface area (Å²) in [5.74, 6) is 0.297. The highest BCUT2D eigenvalue weighted by molar-refractivity contribution is 6.74. The number of aliphatic hydroxyl groups is 1. The molecule has 3 heterocycles. The number of alkyl halides is 1. The van der Waals surface area contributed by atoms with Crippen LogP contribution < -0.4 is 4.74 Å². The topological polar surface area (TPSA) is 91.5 Å². The van der Waals surface area contributed by atoms with Crippen LogP contribution in [0.15, 0.2) is 12.7 Å². The van der Waals surface area contributed by atoms with Gasteiger partial charge in [0.05, 0.1) is 20.0 Å². The molecular weight excluding hydrogens is 371 g/mol. The first-order chi connectivity index (χ1) is 12.6. The van der Waals surface area contributed by atoms with Gasteiger partial charge in [-0.2, -0.15) is 4.98 Å². The summed E-state index contributed by atoms with van der Waals surface area (Å²) in [7, 11) is -0.563. The molecule has 0 aromatic carbocycles. The summed E-state index contributed by atoms with van der Waals surface area (Å²) >= 11 is 0. The molecule has 10 heteroatoms. The quantitative estimate of drug-likeness (QED) is 0.774. The van der Waals surface area contributed by atoms with E-state index in [9.17, 15) is 9.50 Å². The Hall–Kier alpha value is -1.62. The van der Waals surface area contributed by atoms with Gasteiger partial charge >= 0.3 is 0 Å². The van der Waals surface area contributed by atoms with Crippen molar-refractivity contribution < 1.29 is 23.4 Å². The monoisotopic (exact) mass is 398 g/mol. The molecule has 1 fully saturated rings. The summed E-state index contributed by atoms with van der Waals surface area (Å²) in [4.78, 5) is 12.3. The third-order valence-electron chi connectivity index (χ3n) is 5.50. The Bertz CT molecular complexity index is 810. The molecule has 150 valence electrons. The molecule has 0 spiro atoms. The molecule has 2 aromatic rings. The molecule has 0 bridgehead atoms. The van der Waals surface area contributed by atoms with Crippen molar-refractivity contribution in [3.05, 3.63) is 12.7 Å². The van der Waals surface area contributed by atoms with Crippen LogP contribution in [0.3, 0.4) is 0 Å². The lowest BCUT2D eigenvalue weighted by molar-refractivity contribution is -0.0434. The summed E-state index contributed by atoms with van der Waals surface area (Å²) in [5.41, 5.74) is 0.791. The summed E-state index contributed by atoms with van der Waals surface area (Å²) in [6.07, 6.45) is -1.99. The first kappa shape index (κ1) is 20.1. The first-order valence-electron chi connectivity index (χ1n) is 8.90. The third-order valence-corrected chi connectivity index (χ3v) is 10.0. The highest BCUT2D eigenvalue weighted by atomic mass is 28.4. The average molecular weight is 399 g/mol. The maximum Gasteiger partial charge on any atom is 0.245 e. The van der Waals surface area contributed by atoms with E-state index in [2.05, 4.69) is 48.8 Å². The Morgan fingerprint density at radius 1 is 1.30 bits per heavy atom. The molecule has 0 aliphatic carbocycles. The van der Waals surface area contributed by atoms with Gasteiger partial charge in [0.1, 0.15) is 18.5 Å². The van der Waals surface area contributed by atoms with Gasteiger partial charge in [0, 0.05) is 0 Å². The van der Waals surface area contributed by atoms with E-state index in [1.165, 1.54) is 24.3 Å². The molecule has 2 aromatic heterocycles. The maximum atomic E-state index is 14.8. The number of hydrogen-bond acceptors (Lipinski definition) is 7. The number of rotatable bonds is 5. The number of imidazole rings is 1. The zero-order valence-electron chi connectivity index (χ0n) is 16.5. The molecule has 8 nitrogen and oxygen atoms in total. The largest absolute Gasteiger partial charge is 0.479 e. The molecule has 0 unspecified atom stereocenters. The second-order valence-corrected chi connectivity index (χ2v) is 13.1. The van der Waals surface area contributed by atoms with E-state index >= 15 is 0 Å². The van der Waals surface area contributed by atoms with Gasteiger partial charge < -0.3 is 19.0 Å². The van der Waals surface area contributed by atoms with E-state index in [0.717, 1.165) is 0 Å². The summed E-state index contributed by atoms with van der Waals surface area (Å²) in [6, 6.07) is 0. The second-order valence-electron chi connectivity index (χ2n) is 8.28. The van der Waals surface area contributed by atoms with E-state index < -0.39 is 32.9 Å². The first-order valence-corrected chi connectivity index (χ1v) is 11.8. The fourth-order valence-corrected chi connectivity index (χ4v) is 3.75. The standard InChI is InChI=1S/C17H27FN4O4Si/c1-17(2,3)27(5,6)25-7-10-13(23)11(18)16(26-10)22-9-21-12-14(22)19-8-20-15(12)24-4/h8-11,13,16,23H,7H2,1-6H3/t10-,11-,13-,16-/m1/s1. The van der Waals surface area contributed by atoms with Gasteiger partial charge in [-0.05, 0) is 18.1 Å². The van der Waals surface area contributed by atoms with Crippen LogP contribution in [0.25, 0.3) is 11.2 Å². The summed E-state index contributed by atoms with van der Waals surface area (Å²) in [5, 5.41) is 10.4. The van der Waals surface area contributed by atoms with Crippen LogP contribution in [0, 0.1) is 0 Å². The van der Waals surface area contributed by atoms with Gasteiger partial charge in [0.15, 0.2) is 31.9 Å². The van der Waals surface area contributed by atoms with Crippen molar-refractivity contribution in [3.63, 3.8) is 0 Å². The molecule has 1 saturated heterocycles. The van der Waals surface area contributed by atoms with Gasteiger partial charge in [0.25, 0.3) is 0 Å². The van der Waals surface area contributed by atoms with E-state index in [1.807, 2.05) is 0 Å². The molecule has 0 saturated carbocycles. The number of fused-ring (bicyclic) bond motifs is 1. The highest BCUT2D eigenvalue weighted by Crippen LogP contribution is 2.39. The summed E-state index contributed by atoms with van der Waals surface area (Å²) in [6.45, 7) is 10.7. The lowest BCUT2D eigenvalue weighted by Crippen LogP contribution is -2.44. The second kappa shape index (κ2) is 7.08. The number of halogens is 1. The van der Waals surface area contributed by atoms with Crippen LogP contribution >= 0.6 is 0 Å². The molecule has 4 atom stereocenters. The zero-order valence-corrected chi connectivity index (χ0v) is 17.5. The number of nitrogens with zero attached hydrogens (tertiary/aromatic N) is 4. The fraction of sp³-hybridized carbons (Fsp3) is 0.706. The SMILES string of the molecule is COc1ncnc2c1ncn2[C@@H]1O[C@H](CO[Si](C)(C)C(C)(C)C)[C@@H](O)[C@H]1F. The maximum absolute atomic E-state index is 14.8. The molecule has 0 radical (unpaired) electrons. The molecule has 1 aliphatic rings. The van der Waals surface area contributed by atoms with Gasteiger partial charge in [-0.3, -0.25) is 4.57 Å². The number of hydrogen-bond donors (Lipinski definition) is 1. The molecule has 1 N–H and O–H groups in total. The van der Waals surface area contributed by atoms with Crippen molar-refractivity contribution in [1.82, 2.24) is 19.5 Å². The Morgan fingerprint density at radius 3 is 2.63 bits per heavy atom. The van der Waals surface area contributed by atoms with Gasteiger partial charge in [-0.25, -0.2) is 14.4 Å². The van der Waals surface area contributed by atoms with Gasteiger partial charge in [-0.1, -0.05) is 20.8 Å². The van der Waals surface area contributed by atoms with Crippen molar-refractivity contribution in [2.24, 2.45) is 0 Å². The molecule has 3 rings (SSSR count). The smallest absolute Gasteiger partial charge is 0.245 e. The lowest BCUT2D eigenvalue weighted by Gasteiger charge is -2.37. The molecule has 27 heavy (non-hydrogen) atoms. The van der Waals surface area contributed by atoms with Gasteiger partial charge in [-0.15, -0.1) is 0 Å². The van der Waals surface area contributed by atoms with Crippen LogP contribution in [0.1, 0.15) is 27.0 Å². The lowest BCUT2D eigenvalue weighted by atomic mass is 10.1. The van der Waals surface area contributed by atoms with E-state index in [0.29, 0.717) is 17.0 Å². The normalized spacial score (nSPS) is 26.7. The van der Waals surface area contributed by atoms with Crippen molar-refractivity contribution in [2.75, 3.05) is 13.7 Å². The minimum absolute atomic E-state index is 0.0130. The average Bonchev–Trinajstić information content (AvgIpc) is 3.14. The molecule has 1 aliphatic heterocycles. The minimum atomic E-state index is -2.04. The van der Waals surface area contributed by atoms with Crippen molar-refractivity contribution in [3.8, 4) is 5.88 Å². The van der Waals surface area contributed by atoms with Crippen molar-refractivity contribution in [1.29, 1.82) is 0 Å². The minimum Gasteiger partial charge on any atom is -0.479 e. The van der Waals surface area contributed by atoms with Crippen molar-refractivity contribution >= 4 is 19.5 Å². The van der Waals surface area contributed by atoms with E-state index in [1.54, 1.807) is 0 Å². The third kappa shape index (κ3) is 3.58. The zero-order chi connectivity index (χ0) is 20.0. The molecule has 0 amide bonds. The Balaban J connectivity index is 1.80. The number of ether oxygens (including phenoxy) is 2. The highest BCUT2D eigenvalue weighted by Gasteiger charge is 2.47. The molecular formula is C17H27FN4O4Si. The Kier molecular flexibility index (Phi) is 5.28. The van der Waals surface area contributed by atoms with Crippen LogP contribution in [0.5, 0.6) is 5.88 Å².